The lowest BCUT2D eigenvalue weighted by Gasteiger charge is -2.46. The van der Waals surface area contributed by atoms with Gasteiger partial charge in [0.05, 0.1) is 1.28 Å². The fourth-order valence-electron chi connectivity index (χ4n) is 13.5. The molecule has 0 bridgehead atoms. The highest BCUT2D eigenvalue weighted by molar-refractivity contribution is 8.33. The SMILES string of the molecule is C=CCc1cccc2ccccc12.C[SiH](C)O[Si](O[SiH](C)C)(O[SiH](C)C)O[SiH](C)C.C[Si](C)(CCCc1cccc2ccccc12)O[Si](O[Si](C)(C)CCCc1cccc2ccccc12)(O[Si](C)(C)CCCc1cccc2ccccc12)O[Si](C)(C)CCCc1cccc2ccccc12.[3H]P(P)P. The van der Waals surface area contributed by atoms with Crippen LogP contribution in [0, 0.1) is 0 Å². The van der Waals surface area contributed by atoms with Gasteiger partial charge in [-0.3, -0.25) is 0 Å². The van der Waals surface area contributed by atoms with Gasteiger partial charge in [0, 0.05) is 0 Å². The minimum absolute atomic E-state index is 0.537. The summed E-state index contributed by atoms with van der Waals surface area (Å²) in [5.41, 5.74) is 6.98. The molecule has 2 unspecified atom stereocenters. The monoisotopic (exact) mass is 1600 g/mol. The first-order valence-electron chi connectivity index (χ1n) is 37.6. The van der Waals surface area contributed by atoms with Crippen molar-refractivity contribution in [1.82, 2.24) is 0 Å². The fourth-order valence-corrected chi connectivity index (χ4v) is 46.9. The van der Waals surface area contributed by atoms with E-state index in [1.54, 1.807) is 0 Å². The van der Waals surface area contributed by atoms with Gasteiger partial charge in [-0.05, 0) is 268 Å². The lowest BCUT2D eigenvalue weighted by Crippen LogP contribution is -2.66. The Labute approximate surface area is 635 Å². The molecule has 10 aromatic rings. The lowest BCUT2D eigenvalue weighted by atomic mass is 10.0. The molecule has 0 saturated carbocycles. The summed E-state index contributed by atoms with van der Waals surface area (Å²) in [6.45, 7) is 40.1. The number of hydrogen-bond donors (Lipinski definition) is 0. The minimum Gasteiger partial charge on any atom is -0.399 e. The molecular formula is C81H121O8P3Si10. The van der Waals surface area contributed by atoms with Crippen molar-refractivity contribution in [2.45, 2.75) is 187 Å². The zero-order chi connectivity index (χ0) is 74.9. The van der Waals surface area contributed by atoms with Gasteiger partial charge in [0.2, 0.25) is 0 Å². The van der Waals surface area contributed by atoms with Gasteiger partial charge in [0.25, 0.3) is 0 Å². The Morgan fingerprint density at radius 3 is 0.735 bits per heavy atom. The van der Waals surface area contributed by atoms with Gasteiger partial charge in [0.15, 0.2) is 69.4 Å². The Bertz CT molecular complexity index is 3770. The van der Waals surface area contributed by atoms with Crippen molar-refractivity contribution in [3.8, 4) is 0 Å². The number of benzene rings is 10. The van der Waals surface area contributed by atoms with E-state index in [1.807, 2.05) is 6.08 Å². The highest BCUT2D eigenvalue weighted by Gasteiger charge is 2.58. The van der Waals surface area contributed by atoms with E-state index in [4.69, 9.17) is 34.2 Å². The van der Waals surface area contributed by atoms with Crippen molar-refractivity contribution in [3.63, 3.8) is 0 Å². The van der Waals surface area contributed by atoms with Crippen LogP contribution >= 0.6 is 25.8 Å². The predicted octanol–water partition coefficient (Wildman–Crippen LogP) is 23.7. The number of hydrogen-bond acceptors (Lipinski definition) is 8. The molecule has 0 fully saturated rings. The van der Waals surface area contributed by atoms with E-state index in [2.05, 4.69) is 342 Å². The van der Waals surface area contributed by atoms with Crippen LogP contribution in [0.4, 0.5) is 0 Å². The van der Waals surface area contributed by atoms with E-state index in [9.17, 15) is 0 Å². The second kappa shape index (κ2) is 41.6. The van der Waals surface area contributed by atoms with Crippen molar-refractivity contribution < 1.29 is 32.9 Å². The molecule has 8 nitrogen and oxygen atoms in total. The molecule has 21 heteroatoms. The zero-order valence-electron chi connectivity index (χ0n) is 65.4. The third-order valence-electron chi connectivity index (χ3n) is 17.8. The fraction of sp³-hybridized carbons (Fsp3) is 0.358. The highest BCUT2D eigenvalue weighted by atomic mass is 32.4. The van der Waals surface area contributed by atoms with E-state index in [-0.39, 0.29) is 0 Å². The summed E-state index contributed by atoms with van der Waals surface area (Å²) in [7, 11) is -17.1. The summed E-state index contributed by atoms with van der Waals surface area (Å²) in [4.78, 5) is 0. The van der Waals surface area contributed by atoms with Gasteiger partial charge in [-0.1, -0.05) is 226 Å². The van der Waals surface area contributed by atoms with Crippen LogP contribution in [-0.2, 0) is 65.0 Å². The first-order valence-corrected chi connectivity index (χ1v) is 68.1. The Morgan fingerprint density at radius 1 is 0.324 bits per heavy atom. The Kier molecular flexibility index (Phi) is 34.3. The second-order valence-electron chi connectivity index (χ2n) is 30.4. The first-order chi connectivity index (χ1) is 48.9. The maximum absolute atomic E-state index is 7.84. The van der Waals surface area contributed by atoms with Crippen molar-refractivity contribution in [2.75, 3.05) is 0 Å². The van der Waals surface area contributed by atoms with Crippen LogP contribution in [0.1, 0.15) is 53.5 Å². The average molecular weight is 1600 g/mol. The lowest BCUT2D eigenvalue weighted by molar-refractivity contribution is 0.144. The quantitative estimate of drug-likeness (QED) is 0.0224. The topological polar surface area (TPSA) is 73.8 Å². The van der Waals surface area contributed by atoms with E-state index in [0.29, 0.717) is 0 Å². The molecule has 548 valence electrons. The Morgan fingerprint density at radius 2 is 0.520 bits per heavy atom. The second-order valence-corrected chi connectivity index (χ2v) is 67.7. The highest BCUT2D eigenvalue weighted by Crippen LogP contribution is 2.37. The van der Waals surface area contributed by atoms with E-state index < -0.39 is 95.4 Å². The number of rotatable bonds is 34. The maximum Gasteiger partial charge on any atom is 0.636 e. The van der Waals surface area contributed by atoms with Crippen LogP contribution in [0.5, 0.6) is 0 Å². The van der Waals surface area contributed by atoms with Gasteiger partial charge >= 0.3 is 18.1 Å². The van der Waals surface area contributed by atoms with Gasteiger partial charge < -0.3 is 32.9 Å². The average Bonchev–Trinajstić information content (AvgIpc) is 0.779. The molecule has 0 aliphatic heterocycles. The molecule has 0 saturated heterocycles. The van der Waals surface area contributed by atoms with Crippen LogP contribution < -0.4 is 0 Å². The smallest absolute Gasteiger partial charge is 0.399 e. The van der Waals surface area contributed by atoms with Gasteiger partial charge in [-0.25, -0.2) is 0 Å². The normalized spacial score (nSPS) is 12.7. The van der Waals surface area contributed by atoms with Gasteiger partial charge in [-0.15, -0.1) is 24.4 Å². The molecule has 102 heavy (non-hydrogen) atoms. The Balaban J connectivity index is 0.000000355. The molecule has 0 N–H and O–H groups in total. The van der Waals surface area contributed by atoms with Crippen molar-refractivity contribution in [2.24, 2.45) is 0 Å². The molecule has 0 spiro atoms. The van der Waals surface area contributed by atoms with Crippen molar-refractivity contribution in [3.05, 3.63) is 253 Å². The molecule has 0 aliphatic carbocycles. The van der Waals surface area contributed by atoms with Crippen LogP contribution in [0.2, 0.25) is 129 Å². The predicted molar refractivity (Wildman–Crippen MR) is 480 cm³/mol. The third kappa shape index (κ3) is 28.2. The van der Waals surface area contributed by atoms with Crippen molar-refractivity contribution >= 4 is 167 Å². The zero-order valence-corrected chi connectivity index (χ0v) is 78.2. The van der Waals surface area contributed by atoms with Crippen LogP contribution in [0.15, 0.2) is 225 Å². The molecule has 0 aliphatic rings. The first kappa shape index (κ1) is 84.0. The molecule has 10 aromatic carbocycles. The summed E-state index contributed by atoms with van der Waals surface area (Å²) in [5.74, 6) is 0. The summed E-state index contributed by atoms with van der Waals surface area (Å²) >= 11 is 0. The maximum atomic E-state index is 7.84. The van der Waals surface area contributed by atoms with Gasteiger partial charge in [-0.2, -0.15) is 0 Å². The van der Waals surface area contributed by atoms with Crippen molar-refractivity contribution in [1.29, 1.82) is 1.28 Å². The molecule has 10 rings (SSSR count). The van der Waals surface area contributed by atoms with E-state index >= 15 is 0 Å². The van der Waals surface area contributed by atoms with E-state index in [1.165, 1.54) is 81.7 Å². The summed E-state index contributed by atoms with van der Waals surface area (Å²) in [6.07, 6.45) is 11.1. The minimum atomic E-state index is -3.78. The number of fused-ring (bicyclic) bond motifs is 5. The third-order valence-corrected chi connectivity index (χ3v) is 49.0. The number of allylic oxidation sites excluding steroid dienone is 1. The van der Waals surface area contributed by atoms with Gasteiger partial charge in [0.1, 0.15) is 0 Å². The molecule has 0 heterocycles. The van der Waals surface area contributed by atoms with Crippen LogP contribution in [0.25, 0.3) is 53.9 Å². The molecule has 0 radical (unpaired) electrons. The van der Waals surface area contributed by atoms with Crippen LogP contribution in [-0.4, -0.2) is 88.8 Å². The summed E-state index contributed by atoms with van der Waals surface area (Å²) < 4.78 is 62.3. The molecule has 0 aromatic heterocycles. The van der Waals surface area contributed by atoms with Crippen LogP contribution in [0.3, 0.4) is 0 Å². The van der Waals surface area contributed by atoms with E-state index in [0.717, 1.165) is 82.0 Å². The number of aryl methyl sites for hydroxylation is 4. The molecule has 2 atom stereocenters. The largest absolute Gasteiger partial charge is 0.636 e. The molecular weight excluding hydrogens is 1470 g/mol. The standard InChI is InChI=1S/C60H76O4Si5.C13H12.C8H28O4Si5.H5P3/c1-65(2,45-21-37-53-33-17-29-49-25-9-13-41-57(49)53)61-69(62-66(3,4)46-22-38-54-34-18-30-50-26-10-14-42-58(50)54,63-67(5,6)47-23-39-55-35-19-31-51-27-11-15-43-59(51)55)64-68(7,8)48-24-40-56-36-20-32-52-28-12-16-44-60(52)56;1-2-6-11-8-5-9-12-7-3-4-10-13(11)12;1-13(2)9-17(10-14(3)4,11-15(5)6)12-16(7)8;1-3-2/h9-20,25-36,41-44H,21-24,37-40,45-48H2,1-8H3;2-5,7-10H,1,6H2;13-16H,1-8H3;3H,1-2H2/i;;;3T. The molecule has 0 amide bonds. The summed E-state index contributed by atoms with van der Waals surface area (Å²) in [6, 6.07) is 80.9. The summed E-state index contributed by atoms with van der Waals surface area (Å²) in [5, 5.41) is 13.3. The Hall–Kier alpha value is -3.62.